The Hall–Kier alpha value is -1.27. The lowest BCUT2D eigenvalue weighted by Crippen LogP contribution is -2.12. The summed E-state index contributed by atoms with van der Waals surface area (Å²) in [5.41, 5.74) is 1.55. The van der Waals surface area contributed by atoms with Crippen LogP contribution >= 0.6 is 10.7 Å². The van der Waals surface area contributed by atoms with Gasteiger partial charge in [0.25, 0.3) is 9.05 Å². The Kier molecular flexibility index (Phi) is 4.24. The number of aliphatic carboxylic acids is 1. The number of aryl methyl sites for hydroxylation is 1. The highest BCUT2D eigenvalue weighted by atomic mass is 35.7. The topological polar surface area (TPSA) is 80.7 Å². The van der Waals surface area contributed by atoms with Crippen LogP contribution in [0.2, 0.25) is 0 Å². The summed E-state index contributed by atoms with van der Waals surface area (Å²) in [5.74, 6) is -0.723. The van der Waals surface area contributed by atoms with E-state index < -0.39 is 21.6 Å². The van der Waals surface area contributed by atoms with Gasteiger partial charge >= 0.3 is 5.97 Å². The van der Waals surface area contributed by atoms with Crippen molar-refractivity contribution in [1.29, 1.82) is 0 Å². The maximum atomic E-state index is 11.4. The standard InChI is InChI=1S/C11H13ClO5S/c1-6-4-9(18(12,15)16)7(2)8(3)11(6)17-5-10(13)14/h4H,5H2,1-3H3,(H,13,14). The van der Waals surface area contributed by atoms with Crippen LogP contribution in [0.1, 0.15) is 16.7 Å². The number of hydrogen-bond donors (Lipinski definition) is 1. The third kappa shape index (κ3) is 3.14. The van der Waals surface area contributed by atoms with Gasteiger partial charge in [0.05, 0.1) is 4.90 Å². The van der Waals surface area contributed by atoms with Crippen LogP contribution in [0.15, 0.2) is 11.0 Å². The second kappa shape index (κ2) is 5.16. The third-order valence-electron chi connectivity index (χ3n) is 2.58. The van der Waals surface area contributed by atoms with Crippen molar-refractivity contribution < 1.29 is 23.1 Å². The van der Waals surface area contributed by atoms with Crippen molar-refractivity contribution in [3.63, 3.8) is 0 Å². The zero-order valence-corrected chi connectivity index (χ0v) is 11.7. The van der Waals surface area contributed by atoms with E-state index in [1.165, 1.54) is 6.07 Å². The fourth-order valence-corrected chi connectivity index (χ4v) is 2.95. The van der Waals surface area contributed by atoms with Crippen LogP contribution in [0.5, 0.6) is 5.75 Å². The average molecular weight is 293 g/mol. The smallest absolute Gasteiger partial charge is 0.341 e. The van der Waals surface area contributed by atoms with Gasteiger partial charge in [0, 0.05) is 10.7 Å². The molecule has 0 saturated heterocycles. The van der Waals surface area contributed by atoms with E-state index in [4.69, 9.17) is 20.5 Å². The number of carboxylic acids is 1. The molecule has 7 heteroatoms. The fourth-order valence-electron chi connectivity index (χ4n) is 1.63. The van der Waals surface area contributed by atoms with Gasteiger partial charge in [0.2, 0.25) is 0 Å². The molecule has 0 saturated carbocycles. The predicted molar refractivity (Wildman–Crippen MR) is 66.8 cm³/mol. The summed E-state index contributed by atoms with van der Waals surface area (Å²) in [7, 11) is 1.50. The van der Waals surface area contributed by atoms with Gasteiger partial charge in [-0.1, -0.05) is 0 Å². The van der Waals surface area contributed by atoms with Crippen molar-refractivity contribution in [2.75, 3.05) is 6.61 Å². The molecule has 18 heavy (non-hydrogen) atoms. The first-order chi connectivity index (χ1) is 8.14. The summed E-state index contributed by atoms with van der Waals surface area (Å²) >= 11 is 0. The highest BCUT2D eigenvalue weighted by Gasteiger charge is 2.19. The minimum Gasteiger partial charge on any atom is -0.481 e. The highest BCUT2D eigenvalue weighted by molar-refractivity contribution is 8.13. The Balaban J connectivity index is 3.34. The van der Waals surface area contributed by atoms with Crippen LogP contribution in [-0.2, 0) is 13.8 Å². The van der Waals surface area contributed by atoms with Gasteiger partial charge in [-0.3, -0.25) is 0 Å². The molecule has 1 aromatic carbocycles. The lowest BCUT2D eigenvalue weighted by molar-refractivity contribution is -0.139. The first-order valence-corrected chi connectivity index (χ1v) is 7.35. The molecule has 0 unspecified atom stereocenters. The molecule has 1 N–H and O–H groups in total. The van der Waals surface area contributed by atoms with E-state index in [2.05, 4.69) is 0 Å². The Bertz CT molecular complexity index is 592. The summed E-state index contributed by atoms with van der Waals surface area (Å²) in [5, 5.41) is 8.57. The van der Waals surface area contributed by atoms with Gasteiger partial charge in [0.15, 0.2) is 6.61 Å². The second-order valence-electron chi connectivity index (χ2n) is 3.89. The lowest BCUT2D eigenvalue weighted by atomic mass is 10.1. The highest BCUT2D eigenvalue weighted by Crippen LogP contribution is 2.32. The van der Waals surface area contributed by atoms with Gasteiger partial charge < -0.3 is 9.84 Å². The molecule has 0 heterocycles. The van der Waals surface area contributed by atoms with Crippen LogP contribution in [0.25, 0.3) is 0 Å². The molecule has 0 spiro atoms. The normalized spacial score (nSPS) is 11.3. The number of halogens is 1. The van der Waals surface area contributed by atoms with Gasteiger partial charge in [0.1, 0.15) is 5.75 Å². The van der Waals surface area contributed by atoms with Crippen molar-refractivity contribution in [1.82, 2.24) is 0 Å². The molecule has 1 aromatic rings. The summed E-state index contributed by atoms with van der Waals surface area (Å²) in [6.07, 6.45) is 0. The van der Waals surface area contributed by atoms with E-state index in [1.807, 2.05) is 0 Å². The summed E-state index contributed by atoms with van der Waals surface area (Å²) in [6, 6.07) is 1.38. The van der Waals surface area contributed by atoms with Crippen molar-refractivity contribution >= 4 is 25.7 Å². The minimum atomic E-state index is -3.83. The molecule has 0 aliphatic heterocycles. The van der Waals surface area contributed by atoms with E-state index in [0.717, 1.165) is 0 Å². The average Bonchev–Trinajstić information content (AvgIpc) is 2.21. The number of ether oxygens (including phenoxy) is 1. The number of carbonyl (C=O) groups is 1. The quantitative estimate of drug-likeness (QED) is 0.859. The maximum Gasteiger partial charge on any atom is 0.341 e. The van der Waals surface area contributed by atoms with E-state index in [0.29, 0.717) is 22.4 Å². The molecule has 0 aliphatic rings. The van der Waals surface area contributed by atoms with E-state index >= 15 is 0 Å². The summed E-state index contributed by atoms with van der Waals surface area (Å²) in [4.78, 5) is 10.5. The largest absolute Gasteiger partial charge is 0.481 e. The molecule has 0 bridgehead atoms. The SMILES string of the molecule is Cc1cc(S(=O)(=O)Cl)c(C)c(C)c1OCC(=O)O. The predicted octanol–water partition coefficient (Wildman–Crippen LogP) is 2.00. The molecule has 5 nitrogen and oxygen atoms in total. The first-order valence-electron chi connectivity index (χ1n) is 5.04. The van der Waals surface area contributed by atoms with Gasteiger partial charge in [-0.25, -0.2) is 13.2 Å². The van der Waals surface area contributed by atoms with Crippen LogP contribution < -0.4 is 4.74 Å². The lowest BCUT2D eigenvalue weighted by Gasteiger charge is -2.15. The molecule has 0 atom stereocenters. The molecular weight excluding hydrogens is 280 g/mol. The molecule has 0 amide bonds. The van der Waals surface area contributed by atoms with E-state index in [1.54, 1.807) is 20.8 Å². The van der Waals surface area contributed by atoms with Crippen molar-refractivity contribution in [3.05, 3.63) is 22.8 Å². The van der Waals surface area contributed by atoms with Crippen LogP contribution in [-0.4, -0.2) is 26.1 Å². The molecule has 0 radical (unpaired) electrons. The Labute approximate surface area is 110 Å². The number of rotatable bonds is 4. The molecule has 0 aromatic heterocycles. The summed E-state index contributed by atoms with van der Waals surface area (Å²) < 4.78 is 27.9. The number of hydrogen-bond acceptors (Lipinski definition) is 4. The molecule has 1 rings (SSSR count). The Morgan fingerprint density at radius 3 is 2.33 bits per heavy atom. The van der Waals surface area contributed by atoms with Crippen molar-refractivity contribution in [3.8, 4) is 5.75 Å². The van der Waals surface area contributed by atoms with Crippen LogP contribution in [0.3, 0.4) is 0 Å². The summed E-state index contributed by atoms with van der Waals surface area (Å²) in [6.45, 7) is 4.41. The van der Waals surface area contributed by atoms with Gasteiger partial charge in [-0.05, 0) is 43.5 Å². The maximum absolute atomic E-state index is 11.4. The Morgan fingerprint density at radius 1 is 1.33 bits per heavy atom. The third-order valence-corrected chi connectivity index (χ3v) is 4.03. The zero-order chi connectivity index (χ0) is 14.1. The molecule has 100 valence electrons. The van der Waals surface area contributed by atoms with E-state index in [9.17, 15) is 13.2 Å². The van der Waals surface area contributed by atoms with Crippen molar-refractivity contribution in [2.24, 2.45) is 0 Å². The molecular formula is C11H13ClO5S. The Morgan fingerprint density at radius 2 is 1.89 bits per heavy atom. The van der Waals surface area contributed by atoms with Crippen LogP contribution in [0, 0.1) is 20.8 Å². The van der Waals surface area contributed by atoms with Crippen LogP contribution in [0.4, 0.5) is 0 Å². The molecule has 0 aliphatic carbocycles. The van der Waals surface area contributed by atoms with Crippen molar-refractivity contribution in [2.45, 2.75) is 25.7 Å². The zero-order valence-electron chi connectivity index (χ0n) is 10.2. The van der Waals surface area contributed by atoms with Gasteiger partial charge in [-0.2, -0.15) is 0 Å². The van der Waals surface area contributed by atoms with E-state index in [-0.39, 0.29) is 4.90 Å². The number of carboxylic acid groups (broad SMARTS) is 1. The minimum absolute atomic E-state index is 0.0156. The fraction of sp³-hybridized carbons (Fsp3) is 0.364. The molecule has 0 fully saturated rings. The first kappa shape index (κ1) is 14.8. The second-order valence-corrected chi connectivity index (χ2v) is 6.43. The monoisotopic (exact) mass is 292 g/mol. The number of benzene rings is 1. The van der Waals surface area contributed by atoms with Gasteiger partial charge in [-0.15, -0.1) is 0 Å².